The summed E-state index contributed by atoms with van der Waals surface area (Å²) in [6, 6.07) is 11.6. The maximum absolute atomic E-state index is 11.8. The molecule has 0 amide bonds. The zero-order valence-electron chi connectivity index (χ0n) is 11.2. The third-order valence-corrected chi connectivity index (χ3v) is 4.68. The van der Waals surface area contributed by atoms with E-state index in [0.29, 0.717) is 17.1 Å². The lowest BCUT2D eigenvalue weighted by Gasteiger charge is -2.05. The number of nitrogens with zero attached hydrogens (tertiary/aromatic N) is 1. The van der Waals surface area contributed by atoms with Gasteiger partial charge in [-0.2, -0.15) is 11.8 Å². The van der Waals surface area contributed by atoms with E-state index in [1.54, 1.807) is 11.8 Å². The van der Waals surface area contributed by atoms with E-state index in [0.717, 1.165) is 22.8 Å². The van der Waals surface area contributed by atoms with E-state index in [4.69, 9.17) is 4.74 Å². The molecule has 0 fully saturated rings. The van der Waals surface area contributed by atoms with Crippen LogP contribution in [0.2, 0.25) is 0 Å². The number of aromatic nitrogens is 2. The maximum atomic E-state index is 11.8. The molecule has 0 aliphatic heterocycles. The number of thioether (sulfide) groups is 1. The zero-order chi connectivity index (χ0) is 14.5. The number of rotatable bonds is 6. The monoisotopic (exact) mass is 318 g/mol. The van der Waals surface area contributed by atoms with Crippen LogP contribution in [-0.4, -0.2) is 22.3 Å². The van der Waals surface area contributed by atoms with Gasteiger partial charge < -0.3 is 9.72 Å². The Balaban J connectivity index is 1.49. The van der Waals surface area contributed by atoms with Gasteiger partial charge in [-0.25, -0.2) is 4.98 Å². The fourth-order valence-corrected chi connectivity index (χ4v) is 3.30. The first-order valence-corrected chi connectivity index (χ1v) is 8.58. The van der Waals surface area contributed by atoms with Gasteiger partial charge in [0.25, 0.3) is 5.56 Å². The van der Waals surface area contributed by atoms with Crippen molar-refractivity contribution in [1.29, 1.82) is 0 Å². The van der Waals surface area contributed by atoms with E-state index in [2.05, 4.69) is 9.97 Å². The molecule has 1 N–H and O–H groups in total. The Morgan fingerprint density at radius 1 is 1.24 bits per heavy atom. The molecule has 0 unspecified atom stereocenters. The van der Waals surface area contributed by atoms with Crippen molar-refractivity contribution in [2.24, 2.45) is 0 Å². The average molecular weight is 318 g/mol. The molecular formula is C15H14N2O2S2. The third-order valence-electron chi connectivity index (χ3n) is 2.84. The molecule has 108 valence electrons. The van der Waals surface area contributed by atoms with Crippen LogP contribution < -0.4 is 10.3 Å². The van der Waals surface area contributed by atoms with Crippen molar-refractivity contribution in [3.63, 3.8) is 0 Å². The number of H-pyrrole nitrogens is 1. The van der Waals surface area contributed by atoms with Gasteiger partial charge in [0.15, 0.2) is 0 Å². The summed E-state index contributed by atoms with van der Waals surface area (Å²) in [4.78, 5) is 19.1. The van der Waals surface area contributed by atoms with Crippen molar-refractivity contribution in [2.75, 3.05) is 12.4 Å². The Morgan fingerprint density at radius 3 is 2.95 bits per heavy atom. The highest BCUT2D eigenvalue weighted by atomic mass is 32.2. The molecule has 0 radical (unpaired) electrons. The minimum absolute atomic E-state index is 0.0499. The van der Waals surface area contributed by atoms with Gasteiger partial charge in [0.05, 0.1) is 17.9 Å². The Labute approximate surface area is 130 Å². The Morgan fingerprint density at radius 2 is 2.10 bits per heavy atom. The molecule has 2 aromatic heterocycles. The van der Waals surface area contributed by atoms with Crippen LogP contribution in [0.3, 0.4) is 0 Å². The predicted molar refractivity (Wildman–Crippen MR) is 88.3 cm³/mol. The number of hydrogen-bond donors (Lipinski definition) is 1. The molecule has 3 rings (SSSR count). The Bertz CT molecular complexity index is 768. The first kappa shape index (κ1) is 14.2. The van der Waals surface area contributed by atoms with E-state index in [1.165, 1.54) is 11.3 Å². The van der Waals surface area contributed by atoms with Gasteiger partial charge in [-0.15, -0.1) is 11.3 Å². The van der Waals surface area contributed by atoms with Crippen molar-refractivity contribution >= 4 is 33.3 Å². The van der Waals surface area contributed by atoms with Crippen LogP contribution in [0, 0.1) is 0 Å². The van der Waals surface area contributed by atoms with Crippen molar-refractivity contribution in [1.82, 2.24) is 9.97 Å². The number of hydrogen-bond acceptors (Lipinski definition) is 5. The summed E-state index contributed by atoms with van der Waals surface area (Å²) < 4.78 is 6.30. The largest absolute Gasteiger partial charge is 0.493 e. The first-order chi connectivity index (χ1) is 10.3. The number of aromatic amines is 1. The van der Waals surface area contributed by atoms with Crippen molar-refractivity contribution in [3.8, 4) is 5.75 Å². The molecule has 0 bridgehead atoms. The molecule has 0 atom stereocenters. The Hall–Kier alpha value is -1.79. The van der Waals surface area contributed by atoms with Gasteiger partial charge in [-0.3, -0.25) is 4.79 Å². The van der Waals surface area contributed by atoms with Crippen LogP contribution in [0.1, 0.15) is 5.82 Å². The number of benzene rings is 1. The zero-order valence-corrected chi connectivity index (χ0v) is 12.9. The molecule has 0 saturated heterocycles. The number of ether oxygens (including phenoxy) is 1. The fraction of sp³-hybridized carbons (Fsp3) is 0.200. The second-order valence-corrected chi connectivity index (χ2v) is 6.38. The molecule has 1 aromatic carbocycles. The number of para-hydroxylation sites is 1. The molecule has 3 aromatic rings. The highest BCUT2D eigenvalue weighted by Gasteiger charge is 2.04. The summed E-state index contributed by atoms with van der Waals surface area (Å²) in [5.41, 5.74) is 0.728. The summed E-state index contributed by atoms with van der Waals surface area (Å²) in [6.07, 6.45) is 0. The minimum atomic E-state index is -0.0499. The molecular weight excluding hydrogens is 304 g/mol. The van der Waals surface area contributed by atoms with E-state index in [-0.39, 0.29) is 5.56 Å². The van der Waals surface area contributed by atoms with Crippen LogP contribution in [0.4, 0.5) is 0 Å². The fourth-order valence-electron chi connectivity index (χ4n) is 1.89. The molecule has 2 heterocycles. The van der Waals surface area contributed by atoms with Gasteiger partial charge in [0, 0.05) is 5.75 Å². The molecule has 6 heteroatoms. The SMILES string of the molecule is O=c1[nH]c(CSCCOc2ccccc2)nc2ccsc12. The summed E-state index contributed by atoms with van der Waals surface area (Å²) in [6.45, 7) is 0.638. The van der Waals surface area contributed by atoms with Gasteiger partial charge in [-0.05, 0) is 23.6 Å². The number of fused-ring (bicyclic) bond motifs is 1. The van der Waals surface area contributed by atoms with Crippen LogP contribution in [0.15, 0.2) is 46.6 Å². The lowest BCUT2D eigenvalue weighted by Crippen LogP contribution is -2.10. The molecule has 0 aliphatic carbocycles. The topological polar surface area (TPSA) is 55.0 Å². The quantitative estimate of drug-likeness (QED) is 0.709. The summed E-state index contributed by atoms with van der Waals surface area (Å²) >= 11 is 3.11. The van der Waals surface area contributed by atoms with Crippen LogP contribution in [0.5, 0.6) is 5.75 Å². The Kier molecular flexibility index (Phi) is 4.57. The van der Waals surface area contributed by atoms with Crippen molar-refractivity contribution in [3.05, 3.63) is 58.0 Å². The van der Waals surface area contributed by atoms with Gasteiger partial charge in [0.1, 0.15) is 16.3 Å². The van der Waals surface area contributed by atoms with Crippen molar-refractivity contribution in [2.45, 2.75) is 5.75 Å². The third kappa shape index (κ3) is 3.65. The first-order valence-electron chi connectivity index (χ1n) is 6.55. The standard InChI is InChI=1S/C15H14N2O2S2/c18-15-14-12(6-8-21-14)16-13(17-15)10-20-9-7-19-11-4-2-1-3-5-11/h1-6,8H,7,9-10H2,(H,16,17,18). The molecule has 0 spiro atoms. The highest BCUT2D eigenvalue weighted by molar-refractivity contribution is 7.98. The average Bonchev–Trinajstić information content (AvgIpc) is 2.97. The lowest BCUT2D eigenvalue weighted by molar-refractivity contribution is 0.344. The smallest absolute Gasteiger partial charge is 0.268 e. The van der Waals surface area contributed by atoms with Crippen LogP contribution in [-0.2, 0) is 5.75 Å². The molecule has 4 nitrogen and oxygen atoms in total. The van der Waals surface area contributed by atoms with Gasteiger partial charge >= 0.3 is 0 Å². The van der Waals surface area contributed by atoms with Crippen molar-refractivity contribution < 1.29 is 4.74 Å². The van der Waals surface area contributed by atoms with E-state index in [1.807, 2.05) is 41.8 Å². The number of thiophene rings is 1. The lowest BCUT2D eigenvalue weighted by atomic mass is 10.3. The molecule has 21 heavy (non-hydrogen) atoms. The maximum Gasteiger partial charge on any atom is 0.268 e. The second-order valence-electron chi connectivity index (χ2n) is 4.36. The second kappa shape index (κ2) is 6.78. The highest BCUT2D eigenvalue weighted by Crippen LogP contribution is 2.16. The molecule has 0 saturated carbocycles. The van der Waals surface area contributed by atoms with Crippen LogP contribution >= 0.6 is 23.1 Å². The van der Waals surface area contributed by atoms with Gasteiger partial charge in [0.2, 0.25) is 0 Å². The van der Waals surface area contributed by atoms with E-state index >= 15 is 0 Å². The summed E-state index contributed by atoms with van der Waals surface area (Å²) in [5, 5.41) is 1.89. The summed E-state index contributed by atoms with van der Waals surface area (Å²) in [5.74, 6) is 3.12. The van der Waals surface area contributed by atoms with E-state index in [9.17, 15) is 4.79 Å². The van der Waals surface area contributed by atoms with Crippen LogP contribution in [0.25, 0.3) is 10.2 Å². The van der Waals surface area contributed by atoms with E-state index < -0.39 is 0 Å². The summed E-state index contributed by atoms with van der Waals surface area (Å²) in [7, 11) is 0. The van der Waals surface area contributed by atoms with Gasteiger partial charge in [-0.1, -0.05) is 18.2 Å². The predicted octanol–water partition coefficient (Wildman–Crippen LogP) is 3.30. The minimum Gasteiger partial charge on any atom is -0.493 e. The molecule has 0 aliphatic rings. The normalized spacial score (nSPS) is 10.9. The number of nitrogens with one attached hydrogen (secondary N) is 1.